The van der Waals surface area contributed by atoms with Gasteiger partial charge in [-0.2, -0.15) is 0 Å². The van der Waals surface area contributed by atoms with Crippen LogP contribution in [0.4, 0.5) is 0 Å². The Balaban J connectivity index is 1.69. The Labute approximate surface area is 201 Å². The van der Waals surface area contributed by atoms with Crippen LogP contribution in [0.25, 0.3) is 0 Å². The maximum absolute atomic E-state index is 13.8. The lowest BCUT2D eigenvalue weighted by Crippen LogP contribution is -2.39. The van der Waals surface area contributed by atoms with Gasteiger partial charge in [0.25, 0.3) is 5.91 Å². The second-order valence-corrected chi connectivity index (χ2v) is 8.74. The highest BCUT2D eigenvalue weighted by atomic mass is 16.5. The van der Waals surface area contributed by atoms with Gasteiger partial charge in [0.2, 0.25) is 11.5 Å². The fourth-order valence-corrected chi connectivity index (χ4v) is 4.99. The number of ether oxygens (including phenoxy) is 4. The van der Waals surface area contributed by atoms with Crippen molar-refractivity contribution in [3.05, 3.63) is 41.5 Å². The van der Waals surface area contributed by atoms with E-state index in [1.54, 1.807) is 13.2 Å². The number of hydrogen-bond donors (Lipinski definition) is 1. The lowest BCUT2D eigenvalue weighted by molar-refractivity contribution is 0.0739. The average molecular weight is 470 g/mol. The molecule has 0 spiro atoms. The van der Waals surface area contributed by atoms with E-state index in [4.69, 9.17) is 24.7 Å². The van der Waals surface area contributed by atoms with E-state index in [-0.39, 0.29) is 5.91 Å². The third-order valence-corrected chi connectivity index (χ3v) is 6.67. The predicted octanol–water partition coefficient (Wildman–Crippen LogP) is 3.32. The molecule has 0 aliphatic carbocycles. The van der Waals surface area contributed by atoms with Crippen LogP contribution in [0, 0.1) is 0 Å². The molecule has 0 aromatic heterocycles. The molecule has 2 aromatic carbocycles. The number of hydrogen-bond acceptors (Lipinski definition) is 7. The molecule has 2 N–H and O–H groups in total. The van der Waals surface area contributed by atoms with Crippen molar-refractivity contribution in [3.63, 3.8) is 0 Å². The van der Waals surface area contributed by atoms with Crippen molar-refractivity contribution in [3.8, 4) is 28.7 Å². The number of rotatable bonds is 8. The van der Waals surface area contributed by atoms with Crippen LogP contribution in [-0.2, 0) is 6.42 Å². The third kappa shape index (κ3) is 4.93. The quantitative estimate of drug-likeness (QED) is 0.635. The van der Waals surface area contributed by atoms with E-state index < -0.39 is 0 Å². The first-order chi connectivity index (χ1) is 16.6. The van der Waals surface area contributed by atoms with Gasteiger partial charge in [-0.15, -0.1) is 0 Å². The van der Waals surface area contributed by atoms with Gasteiger partial charge in [0.1, 0.15) is 5.75 Å². The molecule has 2 fully saturated rings. The number of fused-ring (bicyclic) bond motifs is 1. The Morgan fingerprint density at radius 2 is 1.68 bits per heavy atom. The largest absolute Gasteiger partial charge is 0.492 e. The minimum atomic E-state index is -0.0882. The first-order valence-electron chi connectivity index (χ1n) is 11.9. The van der Waals surface area contributed by atoms with Gasteiger partial charge in [-0.05, 0) is 56.5 Å². The lowest BCUT2D eigenvalue weighted by atomic mass is 10.1. The summed E-state index contributed by atoms with van der Waals surface area (Å²) >= 11 is 0. The Kier molecular flexibility index (Phi) is 7.80. The fourth-order valence-electron chi connectivity index (χ4n) is 4.99. The van der Waals surface area contributed by atoms with E-state index in [2.05, 4.69) is 4.90 Å². The van der Waals surface area contributed by atoms with E-state index in [1.165, 1.54) is 20.6 Å². The second kappa shape index (κ2) is 11.0. The van der Waals surface area contributed by atoms with E-state index in [1.807, 2.05) is 29.2 Å². The third-order valence-electron chi connectivity index (χ3n) is 6.67. The highest BCUT2D eigenvalue weighted by Crippen LogP contribution is 2.48. The summed E-state index contributed by atoms with van der Waals surface area (Å²) in [7, 11) is 4.60. The van der Waals surface area contributed by atoms with Crippen LogP contribution in [-0.4, -0.2) is 75.8 Å². The molecule has 2 aliphatic heterocycles. The van der Waals surface area contributed by atoms with Crippen molar-refractivity contribution in [2.45, 2.75) is 31.7 Å². The Morgan fingerprint density at radius 1 is 0.971 bits per heavy atom. The summed E-state index contributed by atoms with van der Waals surface area (Å²) in [5, 5.41) is 0. The number of nitrogens with two attached hydrogens (primary N) is 1. The highest BCUT2D eigenvalue weighted by molar-refractivity contribution is 5.99. The second-order valence-electron chi connectivity index (χ2n) is 8.74. The van der Waals surface area contributed by atoms with Crippen molar-refractivity contribution < 1.29 is 23.7 Å². The molecular weight excluding hydrogens is 434 g/mol. The maximum atomic E-state index is 13.8. The molecule has 4 rings (SSSR count). The molecule has 34 heavy (non-hydrogen) atoms. The van der Waals surface area contributed by atoms with Gasteiger partial charge in [0.05, 0.1) is 26.9 Å². The smallest absolute Gasteiger partial charge is 0.257 e. The number of amides is 1. The SMILES string of the molecule is COc1c(Oc2ccc(CCN)cc2)cc(C(=O)N2CCCN3CCC[C@H]3C2)c(OC)c1OC. The van der Waals surface area contributed by atoms with Crippen LogP contribution in [0.3, 0.4) is 0 Å². The van der Waals surface area contributed by atoms with Crippen LogP contribution < -0.4 is 24.7 Å². The van der Waals surface area contributed by atoms with E-state index in [9.17, 15) is 4.79 Å². The molecule has 0 unspecified atom stereocenters. The van der Waals surface area contributed by atoms with Crippen LogP contribution in [0.15, 0.2) is 30.3 Å². The van der Waals surface area contributed by atoms with Crippen molar-refractivity contribution in [2.24, 2.45) is 5.73 Å². The lowest BCUT2D eigenvalue weighted by Gasteiger charge is -2.27. The van der Waals surface area contributed by atoms with Crippen LogP contribution in [0.5, 0.6) is 28.7 Å². The average Bonchev–Trinajstić information content (AvgIpc) is 3.20. The molecule has 0 radical (unpaired) electrons. The topological polar surface area (TPSA) is 86.5 Å². The van der Waals surface area contributed by atoms with E-state index in [0.29, 0.717) is 53.4 Å². The number of methoxy groups -OCH3 is 3. The Hall–Kier alpha value is -2.97. The summed E-state index contributed by atoms with van der Waals surface area (Å²) in [4.78, 5) is 18.2. The zero-order valence-corrected chi connectivity index (χ0v) is 20.3. The normalized spacial score (nSPS) is 18.2. The zero-order valence-electron chi connectivity index (χ0n) is 20.3. The minimum absolute atomic E-state index is 0.0882. The predicted molar refractivity (Wildman–Crippen MR) is 130 cm³/mol. The summed E-state index contributed by atoms with van der Waals surface area (Å²) < 4.78 is 23.1. The number of benzene rings is 2. The van der Waals surface area contributed by atoms with Crippen molar-refractivity contribution in [2.75, 3.05) is 54.1 Å². The van der Waals surface area contributed by atoms with Gasteiger partial charge < -0.3 is 29.6 Å². The summed E-state index contributed by atoms with van der Waals surface area (Å²) in [6.45, 7) is 4.17. The maximum Gasteiger partial charge on any atom is 0.257 e. The number of carbonyl (C=O) groups is 1. The molecule has 8 nitrogen and oxygen atoms in total. The molecular formula is C26H35N3O5. The Morgan fingerprint density at radius 3 is 2.35 bits per heavy atom. The molecule has 0 saturated carbocycles. The fraction of sp³-hybridized carbons (Fsp3) is 0.500. The van der Waals surface area contributed by atoms with Gasteiger partial charge in [-0.1, -0.05) is 12.1 Å². The van der Waals surface area contributed by atoms with E-state index in [0.717, 1.165) is 44.5 Å². The monoisotopic (exact) mass is 469 g/mol. The first-order valence-corrected chi connectivity index (χ1v) is 11.9. The van der Waals surface area contributed by atoms with Gasteiger partial charge >= 0.3 is 0 Å². The van der Waals surface area contributed by atoms with Gasteiger partial charge in [0.15, 0.2) is 11.5 Å². The molecule has 0 bridgehead atoms. The zero-order chi connectivity index (χ0) is 24.1. The van der Waals surface area contributed by atoms with Gasteiger partial charge in [-0.25, -0.2) is 0 Å². The molecule has 8 heteroatoms. The molecule has 1 amide bonds. The summed E-state index contributed by atoms with van der Waals surface area (Å²) in [6, 6.07) is 9.84. The molecule has 1 atom stereocenters. The number of nitrogens with zero attached hydrogens (tertiary/aromatic N) is 2. The summed E-state index contributed by atoms with van der Waals surface area (Å²) in [5.74, 6) is 1.99. The van der Waals surface area contributed by atoms with E-state index >= 15 is 0 Å². The number of carbonyl (C=O) groups excluding carboxylic acids is 1. The molecule has 2 aliphatic rings. The summed E-state index contributed by atoms with van der Waals surface area (Å²) in [6.07, 6.45) is 4.07. The van der Waals surface area contributed by atoms with Gasteiger partial charge in [0, 0.05) is 31.7 Å². The van der Waals surface area contributed by atoms with Crippen LogP contribution >= 0.6 is 0 Å². The minimum Gasteiger partial charge on any atom is -0.492 e. The Bertz CT molecular complexity index is 995. The van der Waals surface area contributed by atoms with Crippen LogP contribution in [0.2, 0.25) is 0 Å². The molecule has 2 saturated heterocycles. The van der Waals surface area contributed by atoms with Crippen LogP contribution in [0.1, 0.15) is 35.2 Å². The van der Waals surface area contributed by atoms with Gasteiger partial charge in [-0.3, -0.25) is 9.69 Å². The van der Waals surface area contributed by atoms with Crippen molar-refractivity contribution in [1.82, 2.24) is 9.80 Å². The first kappa shape index (κ1) is 24.2. The molecule has 184 valence electrons. The highest BCUT2D eigenvalue weighted by Gasteiger charge is 2.33. The summed E-state index contributed by atoms with van der Waals surface area (Å²) in [5.41, 5.74) is 7.19. The standard InChI is InChI=1S/C26H35N3O5/c1-31-23-21(26(30)29-15-5-14-28-13-4-6-19(28)17-29)16-22(24(32-2)25(23)33-3)34-20-9-7-18(8-10-20)11-12-27/h7-10,16,19H,4-6,11-15,17,27H2,1-3H3/t19-/m0/s1. The van der Waals surface area contributed by atoms with Crippen molar-refractivity contribution >= 4 is 5.91 Å². The molecule has 2 aromatic rings. The van der Waals surface area contributed by atoms with Crippen molar-refractivity contribution in [1.29, 1.82) is 0 Å². The molecule has 2 heterocycles.